The highest BCUT2D eigenvalue weighted by atomic mass is 35.5. The van der Waals surface area contributed by atoms with Crippen LogP contribution in [0.2, 0.25) is 5.02 Å². The molecule has 0 bridgehead atoms. The van der Waals surface area contributed by atoms with Gasteiger partial charge in [0.25, 0.3) is 0 Å². The number of rotatable bonds is 3. The molecule has 0 saturated heterocycles. The van der Waals surface area contributed by atoms with E-state index >= 15 is 0 Å². The standard InChI is InChI=1S/C9H9ClF3N/c10-6-2-1-5(3-7(6)11)8(14)4-9(12)13/h1-3,8-9H,4,14H2/t8-/m0/s1. The number of benzene rings is 1. The van der Waals surface area contributed by atoms with Gasteiger partial charge in [0.1, 0.15) is 5.82 Å². The molecule has 1 aromatic carbocycles. The molecule has 1 nitrogen and oxygen atoms in total. The van der Waals surface area contributed by atoms with Crippen LogP contribution in [0.5, 0.6) is 0 Å². The maximum Gasteiger partial charge on any atom is 0.240 e. The lowest BCUT2D eigenvalue weighted by atomic mass is 10.1. The van der Waals surface area contributed by atoms with Crippen molar-refractivity contribution < 1.29 is 13.2 Å². The summed E-state index contributed by atoms with van der Waals surface area (Å²) >= 11 is 5.43. The van der Waals surface area contributed by atoms with E-state index in [1.807, 2.05) is 0 Å². The van der Waals surface area contributed by atoms with E-state index in [2.05, 4.69) is 0 Å². The van der Waals surface area contributed by atoms with Gasteiger partial charge in [0.2, 0.25) is 6.43 Å². The van der Waals surface area contributed by atoms with Gasteiger partial charge in [-0.2, -0.15) is 0 Å². The van der Waals surface area contributed by atoms with Crippen molar-refractivity contribution in [3.05, 3.63) is 34.6 Å². The van der Waals surface area contributed by atoms with E-state index in [-0.39, 0.29) is 5.02 Å². The second kappa shape index (κ2) is 4.66. The van der Waals surface area contributed by atoms with Crippen LogP contribution in [0.3, 0.4) is 0 Å². The minimum Gasteiger partial charge on any atom is -0.324 e. The highest BCUT2D eigenvalue weighted by molar-refractivity contribution is 6.30. The van der Waals surface area contributed by atoms with Crippen LogP contribution >= 0.6 is 11.6 Å². The molecule has 0 aliphatic rings. The summed E-state index contributed by atoms with van der Waals surface area (Å²) in [5.74, 6) is -0.645. The van der Waals surface area contributed by atoms with Crippen molar-refractivity contribution in [1.29, 1.82) is 0 Å². The molecule has 0 spiro atoms. The SMILES string of the molecule is N[C@@H](CC(F)F)c1ccc(Cl)c(F)c1. The van der Waals surface area contributed by atoms with Gasteiger partial charge in [-0.1, -0.05) is 17.7 Å². The molecular formula is C9H9ClF3N. The Bertz CT molecular complexity index is 317. The Hall–Kier alpha value is -0.740. The topological polar surface area (TPSA) is 26.0 Å². The maximum atomic E-state index is 12.9. The quantitative estimate of drug-likeness (QED) is 0.837. The van der Waals surface area contributed by atoms with Gasteiger partial charge in [-0.25, -0.2) is 13.2 Å². The van der Waals surface area contributed by atoms with Gasteiger partial charge in [-0.05, 0) is 17.7 Å². The summed E-state index contributed by atoms with van der Waals surface area (Å²) in [4.78, 5) is 0. The van der Waals surface area contributed by atoms with Crippen LogP contribution in [-0.4, -0.2) is 6.43 Å². The molecule has 0 amide bonds. The van der Waals surface area contributed by atoms with E-state index in [1.54, 1.807) is 0 Å². The monoisotopic (exact) mass is 223 g/mol. The lowest BCUT2D eigenvalue weighted by Gasteiger charge is -2.11. The molecule has 0 heterocycles. The molecule has 1 atom stereocenters. The largest absolute Gasteiger partial charge is 0.324 e. The van der Waals surface area contributed by atoms with E-state index in [1.165, 1.54) is 12.1 Å². The fourth-order valence-corrected chi connectivity index (χ4v) is 1.19. The maximum absolute atomic E-state index is 12.9. The molecule has 14 heavy (non-hydrogen) atoms. The van der Waals surface area contributed by atoms with Crippen molar-refractivity contribution in [2.75, 3.05) is 0 Å². The Balaban J connectivity index is 2.80. The van der Waals surface area contributed by atoms with Gasteiger partial charge >= 0.3 is 0 Å². The Labute approximate surface area is 84.7 Å². The highest BCUT2D eigenvalue weighted by Gasteiger charge is 2.14. The number of alkyl halides is 2. The molecule has 0 radical (unpaired) electrons. The zero-order chi connectivity index (χ0) is 10.7. The highest BCUT2D eigenvalue weighted by Crippen LogP contribution is 2.22. The zero-order valence-electron chi connectivity index (χ0n) is 7.18. The number of hydrogen-bond donors (Lipinski definition) is 1. The van der Waals surface area contributed by atoms with Crippen LogP contribution in [0.4, 0.5) is 13.2 Å². The molecule has 5 heteroatoms. The predicted molar refractivity (Wildman–Crippen MR) is 49.0 cm³/mol. The van der Waals surface area contributed by atoms with Crippen molar-refractivity contribution in [2.24, 2.45) is 5.73 Å². The molecule has 1 rings (SSSR count). The molecule has 0 aliphatic carbocycles. The van der Waals surface area contributed by atoms with Crippen molar-refractivity contribution >= 4 is 11.6 Å². The van der Waals surface area contributed by atoms with Gasteiger partial charge in [-0.3, -0.25) is 0 Å². The second-order valence-corrected chi connectivity index (χ2v) is 3.31. The van der Waals surface area contributed by atoms with Crippen LogP contribution in [0.25, 0.3) is 0 Å². The fourth-order valence-electron chi connectivity index (χ4n) is 1.07. The number of hydrogen-bond acceptors (Lipinski definition) is 1. The summed E-state index contributed by atoms with van der Waals surface area (Å²) in [5.41, 5.74) is 5.75. The minimum atomic E-state index is -2.50. The molecule has 0 saturated carbocycles. The van der Waals surface area contributed by atoms with E-state index in [4.69, 9.17) is 17.3 Å². The van der Waals surface area contributed by atoms with Crippen LogP contribution in [0.15, 0.2) is 18.2 Å². The smallest absolute Gasteiger partial charge is 0.240 e. The Morgan fingerprint density at radius 1 is 1.36 bits per heavy atom. The average Bonchev–Trinajstić information content (AvgIpc) is 2.08. The summed E-state index contributed by atoms with van der Waals surface area (Å²) in [6.07, 6.45) is -2.98. The minimum absolute atomic E-state index is 0.0435. The summed E-state index contributed by atoms with van der Waals surface area (Å²) in [6.45, 7) is 0. The predicted octanol–water partition coefficient (Wildman–Crippen LogP) is 3.13. The Kier molecular flexibility index (Phi) is 3.77. The molecule has 0 fully saturated rings. The van der Waals surface area contributed by atoms with E-state index in [0.29, 0.717) is 5.56 Å². The summed E-state index contributed by atoms with van der Waals surface area (Å²) < 4.78 is 36.8. The van der Waals surface area contributed by atoms with Crippen LogP contribution in [0.1, 0.15) is 18.0 Å². The molecular weight excluding hydrogens is 215 g/mol. The molecule has 0 unspecified atom stereocenters. The second-order valence-electron chi connectivity index (χ2n) is 2.91. The van der Waals surface area contributed by atoms with Crippen molar-refractivity contribution in [2.45, 2.75) is 18.9 Å². The number of halogens is 4. The third-order valence-corrected chi connectivity index (χ3v) is 2.11. The van der Waals surface area contributed by atoms with Gasteiger partial charge in [0, 0.05) is 12.5 Å². The molecule has 0 aromatic heterocycles. The molecule has 1 aromatic rings. The summed E-state index contributed by atoms with van der Waals surface area (Å²) in [5, 5.41) is -0.0435. The van der Waals surface area contributed by atoms with Gasteiger partial charge < -0.3 is 5.73 Å². The van der Waals surface area contributed by atoms with Crippen molar-refractivity contribution in [1.82, 2.24) is 0 Å². The molecule has 0 aliphatic heterocycles. The fraction of sp³-hybridized carbons (Fsp3) is 0.333. The van der Waals surface area contributed by atoms with Crippen LogP contribution in [0, 0.1) is 5.82 Å². The first kappa shape index (κ1) is 11.3. The van der Waals surface area contributed by atoms with Crippen molar-refractivity contribution in [3.8, 4) is 0 Å². The van der Waals surface area contributed by atoms with Gasteiger partial charge in [-0.15, -0.1) is 0 Å². The van der Waals surface area contributed by atoms with Crippen LogP contribution < -0.4 is 5.73 Å². The van der Waals surface area contributed by atoms with Gasteiger partial charge in [0.05, 0.1) is 5.02 Å². The summed E-state index contributed by atoms with van der Waals surface area (Å²) in [6, 6.07) is 2.97. The van der Waals surface area contributed by atoms with E-state index in [0.717, 1.165) is 6.07 Å². The Morgan fingerprint density at radius 3 is 2.50 bits per heavy atom. The molecule has 2 N–H and O–H groups in total. The van der Waals surface area contributed by atoms with Crippen molar-refractivity contribution in [3.63, 3.8) is 0 Å². The molecule has 78 valence electrons. The summed E-state index contributed by atoms with van der Waals surface area (Å²) in [7, 11) is 0. The van der Waals surface area contributed by atoms with Crippen LogP contribution in [-0.2, 0) is 0 Å². The van der Waals surface area contributed by atoms with E-state index < -0.39 is 24.7 Å². The lowest BCUT2D eigenvalue weighted by molar-refractivity contribution is 0.128. The Morgan fingerprint density at radius 2 is 2.00 bits per heavy atom. The lowest BCUT2D eigenvalue weighted by Crippen LogP contribution is -2.14. The first-order valence-electron chi connectivity index (χ1n) is 3.99. The third-order valence-electron chi connectivity index (χ3n) is 1.80. The number of nitrogens with two attached hydrogens (primary N) is 1. The average molecular weight is 224 g/mol. The first-order chi connectivity index (χ1) is 6.50. The normalized spacial score (nSPS) is 13.3. The first-order valence-corrected chi connectivity index (χ1v) is 4.37. The van der Waals surface area contributed by atoms with E-state index in [9.17, 15) is 13.2 Å². The third kappa shape index (κ3) is 2.89. The zero-order valence-corrected chi connectivity index (χ0v) is 7.94. The van der Waals surface area contributed by atoms with Gasteiger partial charge in [0.15, 0.2) is 0 Å².